The van der Waals surface area contributed by atoms with E-state index in [-0.39, 0.29) is 23.7 Å². The molecule has 10 heteroatoms. The van der Waals surface area contributed by atoms with Crippen molar-refractivity contribution in [3.8, 4) is 5.95 Å². The molecule has 0 bridgehead atoms. The smallest absolute Gasteiger partial charge is 0.269 e. The molecular formula is C20H22N6O4. The molecule has 0 unspecified atom stereocenters. The summed E-state index contributed by atoms with van der Waals surface area (Å²) >= 11 is 0. The topological polar surface area (TPSA) is 125 Å². The fraction of sp³-hybridized carbons (Fsp3) is 0.300. The number of nitro benzene ring substituents is 1. The number of nitrogens with one attached hydrogen (secondary N) is 1. The van der Waals surface area contributed by atoms with Crippen molar-refractivity contribution < 1.29 is 9.72 Å². The number of hydrogen-bond donors (Lipinski definition) is 1. The number of nitrogens with zero attached hydrogens (tertiary/aromatic N) is 5. The van der Waals surface area contributed by atoms with Crippen LogP contribution in [0.1, 0.15) is 29.6 Å². The Balaban J connectivity index is 1.97. The molecule has 3 aromatic rings. The third-order valence-corrected chi connectivity index (χ3v) is 4.67. The molecule has 0 radical (unpaired) electrons. The Kier molecular flexibility index (Phi) is 5.77. The lowest BCUT2D eigenvalue weighted by molar-refractivity contribution is -0.384. The number of aryl methyl sites for hydroxylation is 3. The molecule has 1 aromatic carbocycles. The van der Waals surface area contributed by atoms with Gasteiger partial charge in [-0.25, -0.2) is 9.67 Å². The van der Waals surface area contributed by atoms with Crippen LogP contribution in [0.25, 0.3) is 5.95 Å². The standard InChI is InChI=1S/C20H22N6O4/c1-5-17-14(4)21-20(25-13(3)10-12(2)23-25)24(19(17)28)11-18(27)22-15-6-8-16(9-7-15)26(29)30/h6-10H,5,11H2,1-4H3,(H,22,27). The molecule has 30 heavy (non-hydrogen) atoms. The first-order valence-corrected chi connectivity index (χ1v) is 9.39. The number of hydrogen-bond acceptors (Lipinski definition) is 6. The highest BCUT2D eigenvalue weighted by atomic mass is 16.6. The van der Waals surface area contributed by atoms with Gasteiger partial charge in [-0.3, -0.25) is 24.3 Å². The molecule has 10 nitrogen and oxygen atoms in total. The Hall–Kier alpha value is -3.82. The number of amides is 1. The maximum Gasteiger partial charge on any atom is 0.269 e. The average molecular weight is 410 g/mol. The van der Waals surface area contributed by atoms with Crippen LogP contribution < -0.4 is 10.9 Å². The first-order valence-electron chi connectivity index (χ1n) is 9.39. The summed E-state index contributed by atoms with van der Waals surface area (Å²) in [7, 11) is 0. The van der Waals surface area contributed by atoms with Gasteiger partial charge in [-0.2, -0.15) is 5.10 Å². The Morgan fingerprint density at radius 2 is 1.87 bits per heavy atom. The van der Waals surface area contributed by atoms with Crippen molar-refractivity contribution in [2.45, 2.75) is 40.7 Å². The lowest BCUT2D eigenvalue weighted by atomic mass is 10.2. The number of benzene rings is 1. The Morgan fingerprint density at radius 1 is 1.20 bits per heavy atom. The maximum absolute atomic E-state index is 13.1. The summed E-state index contributed by atoms with van der Waals surface area (Å²) in [6, 6.07) is 7.32. The molecule has 0 saturated carbocycles. The molecule has 0 saturated heterocycles. The zero-order valence-corrected chi connectivity index (χ0v) is 17.2. The van der Waals surface area contributed by atoms with E-state index in [1.54, 1.807) is 11.6 Å². The van der Waals surface area contributed by atoms with Gasteiger partial charge in [-0.15, -0.1) is 0 Å². The van der Waals surface area contributed by atoms with Crippen LogP contribution in [-0.4, -0.2) is 30.2 Å². The second-order valence-electron chi connectivity index (χ2n) is 6.91. The van der Waals surface area contributed by atoms with Gasteiger partial charge < -0.3 is 5.32 Å². The van der Waals surface area contributed by atoms with Gasteiger partial charge in [0, 0.05) is 29.1 Å². The summed E-state index contributed by atoms with van der Waals surface area (Å²) in [6.45, 7) is 7.02. The third kappa shape index (κ3) is 4.12. The number of aromatic nitrogens is 4. The summed E-state index contributed by atoms with van der Waals surface area (Å²) in [5, 5.41) is 17.8. The van der Waals surface area contributed by atoms with Crippen LogP contribution in [0, 0.1) is 30.9 Å². The monoisotopic (exact) mass is 410 g/mol. The number of carbonyl (C=O) groups is 1. The van der Waals surface area contributed by atoms with E-state index in [9.17, 15) is 19.7 Å². The predicted octanol–water partition coefficient (Wildman–Crippen LogP) is 2.46. The second-order valence-corrected chi connectivity index (χ2v) is 6.91. The van der Waals surface area contributed by atoms with E-state index in [2.05, 4.69) is 15.4 Å². The molecular weight excluding hydrogens is 388 g/mol. The van der Waals surface area contributed by atoms with Crippen molar-refractivity contribution in [1.82, 2.24) is 19.3 Å². The van der Waals surface area contributed by atoms with E-state index in [4.69, 9.17) is 0 Å². The largest absolute Gasteiger partial charge is 0.325 e. The van der Waals surface area contributed by atoms with Gasteiger partial charge in [0.25, 0.3) is 11.2 Å². The zero-order chi connectivity index (χ0) is 22.0. The maximum atomic E-state index is 13.1. The number of rotatable bonds is 6. The number of carbonyl (C=O) groups excluding carboxylic acids is 1. The third-order valence-electron chi connectivity index (χ3n) is 4.67. The first kappa shape index (κ1) is 20.9. The van der Waals surface area contributed by atoms with Gasteiger partial charge in [0.15, 0.2) is 0 Å². The van der Waals surface area contributed by atoms with E-state index < -0.39 is 10.8 Å². The van der Waals surface area contributed by atoms with Gasteiger partial charge in [0.05, 0.1) is 16.3 Å². The van der Waals surface area contributed by atoms with E-state index in [1.165, 1.54) is 28.8 Å². The highest BCUT2D eigenvalue weighted by Gasteiger charge is 2.19. The van der Waals surface area contributed by atoms with Gasteiger partial charge in [0.1, 0.15) is 6.54 Å². The van der Waals surface area contributed by atoms with E-state index >= 15 is 0 Å². The van der Waals surface area contributed by atoms with Crippen LogP contribution in [0.5, 0.6) is 0 Å². The van der Waals surface area contributed by atoms with Crippen LogP contribution in [0.2, 0.25) is 0 Å². The molecule has 0 fully saturated rings. The fourth-order valence-corrected chi connectivity index (χ4v) is 3.24. The van der Waals surface area contributed by atoms with Crippen LogP contribution >= 0.6 is 0 Å². The van der Waals surface area contributed by atoms with Gasteiger partial charge in [0.2, 0.25) is 11.9 Å². The molecule has 2 aromatic heterocycles. The fourth-order valence-electron chi connectivity index (χ4n) is 3.24. The normalized spacial score (nSPS) is 10.8. The zero-order valence-electron chi connectivity index (χ0n) is 17.2. The molecule has 0 aliphatic heterocycles. The van der Waals surface area contributed by atoms with Crippen molar-refractivity contribution in [1.29, 1.82) is 0 Å². The first-order chi connectivity index (χ1) is 14.2. The lowest BCUT2D eigenvalue weighted by Gasteiger charge is -2.16. The van der Waals surface area contributed by atoms with Crippen molar-refractivity contribution in [3.63, 3.8) is 0 Å². The summed E-state index contributed by atoms with van der Waals surface area (Å²) in [4.78, 5) is 40.5. The Morgan fingerprint density at radius 3 is 2.40 bits per heavy atom. The molecule has 2 heterocycles. The minimum absolute atomic E-state index is 0.0774. The molecule has 1 amide bonds. The highest BCUT2D eigenvalue weighted by molar-refractivity contribution is 5.90. The molecule has 0 aliphatic rings. The summed E-state index contributed by atoms with van der Waals surface area (Å²) < 4.78 is 2.84. The Labute approximate surface area is 172 Å². The molecule has 0 spiro atoms. The van der Waals surface area contributed by atoms with Crippen molar-refractivity contribution in [3.05, 3.63) is 73.4 Å². The van der Waals surface area contributed by atoms with E-state index in [0.717, 1.165) is 11.4 Å². The van der Waals surface area contributed by atoms with Crippen LogP contribution in [0.15, 0.2) is 35.1 Å². The summed E-state index contributed by atoms with van der Waals surface area (Å²) in [5.41, 5.74) is 2.69. The lowest BCUT2D eigenvalue weighted by Crippen LogP contribution is -2.34. The van der Waals surface area contributed by atoms with Crippen LogP contribution in [0.3, 0.4) is 0 Å². The minimum atomic E-state index is -0.518. The number of nitro groups is 1. The molecule has 156 valence electrons. The van der Waals surface area contributed by atoms with E-state index in [0.29, 0.717) is 23.4 Å². The SMILES string of the molecule is CCc1c(C)nc(-n2nc(C)cc2C)n(CC(=O)Nc2ccc([N+](=O)[O-])cc2)c1=O. The number of anilines is 1. The molecule has 1 N–H and O–H groups in total. The summed E-state index contributed by atoms with van der Waals surface area (Å²) in [6.07, 6.45) is 0.485. The minimum Gasteiger partial charge on any atom is -0.325 e. The second kappa shape index (κ2) is 8.27. The Bertz CT molecular complexity index is 1180. The van der Waals surface area contributed by atoms with Crippen LogP contribution in [-0.2, 0) is 17.8 Å². The molecule has 3 rings (SSSR count). The van der Waals surface area contributed by atoms with E-state index in [1.807, 2.05) is 26.8 Å². The van der Waals surface area contributed by atoms with Gasteiger partial charge in [-0.05, 0) is 45.4 Å². The van der Waals surface area contributed by atoms with Crippen molar-refractivity contribution in [2.24, 2.45) is 0 Å². The van der Waals surface area contributed by atoms with Gasteiger partial charge in [-0.1, -0.05) is 6.92 Å². The van der Waals surface area contributed by atoms with Crippen molar-refractivity contribution in [2.75, 3.05) is 5.32 Å². The predicted molar refractivity (Wildman–Crippen MR) is 111 cm³/mol. The van der Waals surface area contributed by atoms with Crippen molar-refractivity contribution >= 4 is 17.3 Å². The molecule has 0 aliphatic carbocycles. The summed E-state index contributed by atoms with van der Waals surface area (Å²) in [5.74, 6) is -0.194. The average Bonchev–Trinajstić information content (AvgIpc) is 3.02. The quantitative estimate of drug-likeness (QED) is 0.492. The molecule has 0 atom stereocenters. The van der Waals surface area contributed by atoms with Gasteiger partial charge >= 0.3 is 0 Å². The van der Waals surface area contributed by atoms with Crippen LogP contribution in [0.4, 0.5) is 11.4 Å². The highest BCUT2D eigenvalue weighted by Crippen LogP contribution is 2.16. The number of non-ortho nitro benzene ring substituents is 1.